The number of aromatic nitrogens is 3. The zero-order valence-corrected chi connectivity index (χ0v) is 19.4. The van der Waals surface area contributed by atoms with E-state index in [1.807, 2.05) is 32.0 Å². The molecule has 0 spiro atoms. The third-order valence-electron chi connectivity index (χ3n) is 6.42. The van der Waals surface area contributed by atoms with E-state index in [0.717, 1.165) is 27.8 Å². The number of carbonyl (C=O) groups is 1. The third kappa shape index (κ3) is 4.26. The molecule has 2 N–H and O–H groups in total. The monoisotopic (exact) mass is 473 g/mol. The SMILES string of the molecule is Cc1cc(OCC(C)(C)C(=O)O)ncc1-c1ccc(-c2ncc(C3(C(F)(F)F)CC3)[nH]2)c(C)c1. The highest BCUT2D eigenvalue weighted by Crippen LogP contribution is 2.58. The van der Waals surface area contributed by atoms with E-state index < -0.39 is 23.0 Å². The van der Waals surface area contributed by atoms with Gasteiger partial charge in [-0.2, -0.15) is 13.2 Å². The lowest BCUT2D eigenvalue weighted by Gasteiger charge is -2.19. The van der Waals surface area contributed by atoms with Gasteiger partial charge in [0.1, 0.15) is 17.8 Å². The van der Waals surface area contributed by atoms with E-state index >= 15 is 0 Å². The molecule has 3 aromatic rings. The number of pyridine rings is 1. The van der Waals surface area contributed by atoms with Gasteiger partial charge in [-0.3, -0.25) is 4.79 Å². The van der Waals surface area contributed by atoms with Crippen LogP contribution in [-0.2, 0) is 10.2 Å². The smallest absolute Gasteiger partial charge is 0.399 e. The maximum Gasteiger partial charge on any atom is 0.399 e. The topological polar surface area (TPSA) is 88.1 Å². The summed E-state index contributed by atoms with van der Waals surface area (Å²) in [6.07, 6.45) is -1.18. The minimum Gasteiger partial charge on any atom is -0.481 e. The zero-order valence-electron chi connectivity index (χ0n) is 19.4. The number of nitrogens with zero attached hydrogens (tertiary/aromatic N) is 2. The van der Waals surface area contributed by atoms with E-state index in [1.165, 1.54) is 6.20 Å². The highest BCUT2D eigenvalue weighted by atomic mass is 19.4. The van der Waals surface area contributed by atoms with Gasteiger partial charge < -0.3 is 14.8 Å². The molecule has 1 aliphatic rings. The van der Waals surface area contributed by atoms with Gasteiger partial charge in [0.2, 0.25) is 5.88 Å². The Labute approximate surface area is 195 Å². The third-order valence-corrected chi connectivity index (χ3v) is 6.42. The number of aryl methyl sites for hydroxylation is 2. The van der Waals surface area contributed by atoms with Crippen LogP contribution in [0.2, 0.25) is 0 Å². The summed E-state index contributed by atoms with van der Waals surface area (Å²) in [4.78, 5) is 22.7. The summed E-state index contributed by atoms with van der Waals surface area (Å²) in [6.45, 7) is 6.93. The number of aliphatic carboxylic acids is 1. The molecule has 0 radical (unpaired) electrons. The predicted molar refractivity (Wildman–Crippen MR) is 121 cm³/mol. The molecule has 4 rings (SSSR count). The molecule has 1 fully saturated rings. The van der Waals surface area contributed by atoms with Crippen LogP contribution in [0.25, 0.3) is 22.5 Å². The largest absolute Gasteiger partial charge is 0.481 e. The molecule has 2 heterocycles. The number of carboxylic acid groups (broad SMARTS) is 1. The van der Waals surface area contributed by atoms with Gasteiger partial charge >= 0.3 is 12.1 Å². The molecule has 0 saturated heterocycles. The van der Waals surface area contributed by atoms with Crippen molar-refractivity contribution in [1.82, 2.24) is 15.0 Å². The number of hydrogen-bond acceptors (Lipinski definition) is 4. The van der Waals surface area contributed by atoms with Gasteiger partial charge in [0.15, 0.2) is 0 Å². The van der Waals surface area contributed by atoms with Gasteiger partial charge in [-0.05, 0) is 57.2 Å². The van der Waals surface area contributed by atoms with Gasteiger partial charge in [0.25, 0.3) is 0 Å². The van der Waals surface area contributed by atoms with Crippen molar-refractivity contribution in [1.29, 1.82) is 0 Å². The highest BCUT2D eigenvalue weighted by Gasteiger charge is 2.65. The van der Waals surface area contributed by atoms with E-state index in [0.29, 0.717) is 11.7 Å². The number of halogens is 3. The van der Waals surface area contributed by atoms with Crippen LogP contribution < -0.4 is 4.74 Å². The second-order valence-electron chi connectivity index (χ2n) is 9.57. The van der Waals surface area contributed by atoms with Crippen molar-refractivity contribution < 1.29 is 27.8 Å². The molecular weight excluding hydrogens is 447 g/mol. The van der Waals surface area contributed by atoms with Gasteiger partial charge in [0, 0.05) is 29.6 Å². The second-order valence-corrected chi connectivity index (χ2v) is 9.57. The molecular formula is C25H26F3N3O3. The lowest BCUT2D eigenvalue weighted by atomic mass is 9.95. The number of ether oxygens (including phenoxy) is 1. The minimum atomic E-state index is -4.29. The highest BCUT2D eigenvalue weighted by molar-refractivity contribution is 5.74. The molecule has 1 aliphatic carbocycles. The van der Waals surface area contributed by atoms with Crippen LogP contribution in [0.1, 0.15) is 43.5 Å². The lowest BCUT2D eigenvalue weighted by molar-refractivity contribution is -0.161. The van der Waals surface area contributed by atoms with Crippen molar-refractivity contribution in [2.45, 2.75) is 52.1 Å². The molecule has 2 aromatic heterocycles. The van der Waals surface area contributed by atoms with E-state index in [2.05, 4.69) is 15.0 Å². The first-order valence-electron chi connectivity index (χ1n) is 10.9. The van der Waals surface area contributed by atoms with Gasteiger partial charge in [-0.25, -0.2) is 9.97 Å². The molecule has 0 bridgehead atoms. The van der Waals surface area contributed by atoms with Crippen molar-refractivity contribution in [2.75, 3.05) is 6.61 Å². The fourth-order valence-electron chi connectivity index (χ4n) is 3.86. The first-order chi connectivity index (χ1) is 15.8. The van der Waals surface area contributed by atoms with Crippen LogP contribution >= 0.6 is 0 Å². The van der Waals surface area contributed by atoms with Crippen LogP contribution in [0, 0.1) is 19.3 Å². The van der Waals surface area contributed by atoms with Crippen LogP contribution in [0.4, 0.5) is 13.2 Å². The number of rotatable bonds is 7. The summed E-state index contributed by atoms with van der Waals surface area (Å²) >= 11 is 0. The minimum absolute atomic E-state index is 0.0112. The summed E-state index contributed by atoms with van der Waals surface area (Å²) in [5.41, 5.74) is 1.53. The number of carboxylic acids is 1. The molecule has 34 heavy (non-hydrogen) atoms. The molecule has 0 amide bonds. The predicted octanol–water partition coefficient (Wildman–Crippen LogP) is 5.84. The van der Waals surface area contributed by atoms with E-state index in [4.69, 9.17) is 4.74 Å². The number of nitrogens with one attached hydrogen (secondary N) is 1. The first-order valence-corrected chi connectivity index (χ1v) is 10.9. The van der Waals surface area contributed by atoms with Crippen LogP contribution in [0.15, 0.2) is 36.7 Å². The van der Waals surface area contributed by atoms with E-state index in [-0.39, 0.29) is 25.1 Å². The molecule has 6 nitrogen and oxygen atoms in total. The fourth-order valence-corrected chi connectivity index (χ4v) is 3.86. The van der Waals surface area contributed by atoms with Crippen molar-refractivity contribution in [3.05, 3.63) is 53.5 Å². The quantitative estimate of drug-likeness (QED) is 0.450. The van der Waals surface area contributed by atoms with E-state index in [9.17, 15) is 23.1 Å². The number of benzene rings is 1. The Morgan fingerprint density at radius 1 is 1.09 bits per heavy atom. The van der Waals surface area contributed by atoms with Crippen LogP contribution in [0.5, 0.6) is 5.88 Å². The maximum absolute atomic E-state index is 13.4. The average Bonchev–Trinajstić information content (AvgIpc) is 3.44. The Balaban J connectivity index is 1.55. The zero-order chi connectivity index (χ0) is 24.9. The Morgan fingerprint density at radius 3 is 2.32 bits per heavy atom. The van der Waals surface area contributed by atoms with Gasteiger partial charge in [-0.1, -0.05) is 18.2 Å². The summed E-state index contributed by atoms with van der Waals surface area (Å²) in [7, 11) is 0. The Hall–Kier alpha value is -3.36. The Morgan fingerprint density at radius 2 is 1.76 bits per heavy atom. The Bertz CT molecular complexity index is 1240. The first kappa shape index (κ1) is 23.8. The normalized spacial score (nSPS) is 15.3. The van der Waals surface area contributed by atoms with Crippen molar-refractivity contribution in [3.8, 4) is 28.4 Å². The maximum atomic E-state index is 13.4. The molecule has 9 heteroatoms. The Kier molecular flexibility index (Phi) is 5.70. The number of hydrogen-bond donors (Lipinski definition) is 2. The van der Waals surface area contributed by atoms with E-state index in [1.54, 1.807) is 26.1 Å². The lowest BCUT2D eigenvalue weighted by Crippen LogP contribution is -2.30. The second kappa shape index (κ2) is 8.14. The molecule has 0 unspecified atom stereocenters. The molecule has 180 valence electrons. The summed E-state index contributed by atoms with van der Waals surface area (Å²) in [6, 6.07) is 7.40. The van der Waals surface area contributed by atoms with Crippen molar-refractivity contribution in [3.63, 3.8) is 0 Å². The van der Waals surface area contributed by atoms with Gasteiger partial charge in [-0.15, -0.1) is 0 Å². The molecule has 1 saturated carbocycles. The molecule has 1 aromatic carbocycles. The average molecular weight is 473 g/mol. The summed E-state index contributed by atoms with van der Waals surface area (Å²) in [5, 5.41) is 9.22. The number of H-pyrrole nitrogens is 1. The molecule has 0 aliphatic heterocycles. The van der Waals surface area contributed by atoms with Crippen LogP contribution in [0.3, 0.4) is 0 Å². The summed E-state index contributed by atoms with van der Waals surface area (Å²) < 4.78 is 45.9. The fraction of sp³-hybridized carbons (Fsp3) is 0.400. The van der Waals surface area contributed by atoms with Crippen molar-refractivity contribution in [2.24, 2.45) is 5.41 Å². The molecule has 0 atom stereocenters. The van der Waals surface area contributed by atoms with Gasteiger partial charge in [0.05, 0.1) is 11.1 Å². The standard InChI is InChI=1S/C25H26F3N3O3/c1-14-9-16(18-11-29-20(10-15(18)2)34-13-23(3,4)22(32)33)5-6-17(14)21-30-12-19(31-21)24(7-8-24)25(26,27)28/h5-6,9-12H,7-8,13H2,1-4H3,(H,30,31)(H,32,33). The number of aromatic amines is 1. The number of imidazole rings is 1. The van der Waals surface area contributed by atoms with Crippen LogP contribution in [-0.4, -0.2) is 38.8 Å². The summed E-state index contributed by atoms with van der Waals surface area (Å²) in [5.74, 6) is -0.203. The van der Waals surface area contributed by atoms with Crippen molar-refractivity contribution >= 4 is 5.97 Å². The number of alkyl halides is 3.